The Morgan fingerprint density at radius 2 is 2.18 bits per heavy atom. The molecule has 3 nitrogen and oxygen atoms in total. The molecule has 0 atom stereocenters. The minimum atomic E-state index is 0.415. The van der Waals surface area contributed by atoms with Crippen LogP contribution in [-0.4, -0.2) is 21.1 Å². The molecule has 0 aromatic carbocycles. The second kappa shape index (κ2) is 5.32. The van der Waals surface area contributed by atoms with Crippen molar-refractivity contribution in [1.29, 1.82) is 0 Å². The third-order valence-electron chi connectivity index (χ3n) is 2.73. The first-order chi connectivity index (χ1) is 8.24. The zero-order valence-corrected chi connectivity index (χ0v) is 10.8. The van der Waals surface area contributed by atoms with E-state index in [4.69, 9.17) is 11.6 Å². The maximum Gasteiger partial charge on any atom is 0.114 e. The number of pyridine rings is 1. The van der Waals surface area contributed by atoms with Gasteiger partial charge < -0.3 is 0 Å². The lowest BCUT2D eigenvalue weighted by molar-refractivity contribution is 0.797. The third-order valence-corrected chi connectivity index (χ3v) is 2.92. The van der Waals surface area contributed by atoms with Crippen LogP contribution in [0.2, 0.25) is 0 Å². The van der Waals surface area contributed by atoms with Gasteiger partial charge in [0.05, 0.1) is 5.69 Å². The molecule has 0 fully saturated rings. The largest absolute Gasteiger partial charge is 0.281 e. The van der Waals surface area contributed by atoms with Crippen molar-refractivity contribution in [1.82, 2.24) is 15.2 Å². The summed E-state index contributed by atoms with van der Waals surface area (Å²) in [6.45, 7) is 4.29. The van der Waals surface area contributed by atoms with Gasteiger partial charge in [-0.05, 0) is 24.5 Å². The molecular formula is C13H16ClN3. The Kier molecular flexibility index (Phi) is 3.79. The molecule has 2 heterocycles. The van der Waals surface area contributed by atoms with Crippen LogP contribution < -0.4 is 0 Å². The first kappa shape index (κ1) is 12.1. The van der Waals surface area contributed by atoms with Crippen molar-refractivity contribution in [3.8, 4) is 11.4 Å². The molecule has 2 aromatic rings. The van der Waals surface area contributed by atoms with E-state index in [2.05, 4.69) is 29.0 Å². The highest BCUT2D eigenvalue weighted by Crippen LogP contribution is 2.27. The number of hydrogen-bond donors (Lipinski definition) is 1. The molecule has 0 amide bonds. The van der Waals surface area contributed by atoms with Gasteiger partial charge in [-0.15, -0.1) is 11.6 Å². The number of aromatic nitrogens is 3. The smallest absolute Gasteiger partial charge is 0.114 e. The highest BCUT2D eigenvalue weighted by Gasteiger charge is 2.16. The lowest BCUT2D eigenvalue weighted by Gasteiger charge is -2.06. The minimum absolute atomic E-state index is 0.415. The van der Waals surface area contributed by atoms with Crippen molar-refractivity contribution in [3.63, 3.8) is 0 Å². The molecule has 4 heteroatoms. The van der Waals surface area contributed by atoms with Gasteiger partial charge in [-0.1, -0.05) is 19.9 Å². The molecule has 0 aliphatic heterocycles. The molecule has 2 aromatic heterocycles. The van der Waals surface area contributed by atoms with E-state index in [0.29, 0.717) is 11.8 Å². The van der Waals surface area contributed by atoms with E-state index in [1.165, 1.54) is 5.56 Å². The average Bonchev–Trinajstić information content (AvgIpc) is 2.75. The van der Waals surface area contributed by atoms with Crippen molar-refractivity contribution in [2.24, 2.45) is 0 Å². The van der Waals surface area contributed by atoms with Gasteiger partial charge in [-0.3, -0.25) is 10.1 Å². The molecule has 0 radical (unpaired) electrons. The second-order valence-electron chi connectivity index (χ2n) is 4.27. The summed E-state index contributed by atoms with van der Waals surface area (Å²) in [6, 6.07) is 5.84. The van der Waals surface area contributed by atoms with Crippen LogP contribution in [0, 0.1) is 0 Å². The predicted octanol–water partition coefficient (Wildman–Crippen LogP) is 3.38. The summed E-state index contributed by atoms with van der Waals surface area (Å²) < 4.78 is 0. The summed E-state index contributed by atoms with van der Waals surface area (Å²) >= 11 is 5.87. The Morgan fingerprint density at radius 3 is 2.76 bits per heavy atom. The molecule has 0 saturated heterocycles. The zero-order chi connectivity index (χ0) is 12.3. The molecule has 17 heavy (non-hydrogen) atoms. The van der Waals surface area contributed by atoms with E-state index in [9.17, 15) is 0 Å². The molecule has 0 aliphatic rings. The number of aromatic amines is 1. The van der Waals surface area contributed by atoms with Crippen molar-refractivity contribution in [2.45, 2.75) is 26.2 Å². The number of halogens is 1. The Bertz CT molecular complexity index is 477. The quantitative estimate of drug-likeness (QED) is 0.844. The average molecular weight is 250 g/mol. The maximum atomic E-state index is 5.87. The lowest BCUT2D eigenvalue weighted by Crippen LogP contribution is -1.97. The van der Waals surface area contributed by atoms with E-state index < -0.39 is 0 Å². The Morgan fingerprint density at radius 1 is 1.35 bits per heavy atom. The van der Waals surface area contributed by atoms with Gasteiger partial charge in [0.1, 0.15) is 5.69 Å². The number of hydrogen-bond acceptors (Lipinski definition) is 2. The van der Waals surface area contributed by atoms with Crippen LogP contribution in [0.3, 0.4) is 0 Å². The fourth-order valence-corrected chi connectivity index (χ4v) is 2.11. The number of nitrogens with zero attached hydrogens (tertiary/aromatic N) is 2. The van der Waals surface area contributed by atoms with Gasteiger partial charge in [0.2, 0.25) is 0 Å². The Labute approximate surface area is 106 Å². The van der Waals surface area contributed by atoms with E-state index >= 15 is 0 Å². The summed E-state index contributed by atoms with van der Waals surface area (Å²) in [5.41, 5.74) is 4.17. The highest BCUT2D eigenvalue weighted by molar-refractivity contribution is 6.18. The lowest BCUT2D eigenvalue weighted by atomic mass is 10.0. The molecule has 0 unspecified atom stereocenters. The fraction of sp³-hybridized carbons (Fsp3) is 0.385. The van der Waals surface area contributed by atoms with Crippen LogP contribution in [-0.2, 0) is 6.42 Å². The van der Waals surface area contributed by atoms with Gasteiger partial charge in [0, 0.05) is 23.3 Å². The molecular weight excluding hydrogens is 234 g/mol. The van der Waals surface area contributed by atoms with Crippen LogP contribution in [0.5, 0.6) is 0 Å². The van der Waals surface area contributed by atoms with Gasteiger partial charge in [-0.25, -0.2) is 0 Å². The molecule has 90 valence electrons. The monoisotopic (exact) mass is 249 g/mol. The fourth-order valence-electron chi connectivity index (χ4n) is 1.92. The Balaban J connectivity index is 2.47. The standard InChI is InChI=1S/C13H16ClN3/c1-9(2)12-10(6-7-14)13(17-16-12)11-5-3-4-8-15-11/h3-5,8-9H,6-7H2,1-2H3,(H,16,17). The van der Waals surface area contributed by atoms with Crippen LogP contribution in [0.15, 0.2) is 24.4 Å². The summed E-state index contributed by atoms with van der Waals surface area (Å²) in [7, 11) is 0. The maximum absolute atomic E-state index is 5.87. The topological polar surface area (TPSA) is 41.6 Å². The molecule has 0 saturated carbocycles. The van der Waals surface area contributed by atoms with Crippen LogP contribution in [0.1, 0.15) is 31.0 Å². The summed E-state index contributed by atoms with van der Waals surface area (Å²) in [6.07, 6.45) is 2.60. The van der Waals surface area contributed by atoms with Crippen LogP contribution in [0.25, 0.3) is 11.4 Å². The number of rotatable bonds is 4. The molecule has 0 aliphatic carbocycles. The van der Waals surface area contributed by atoms with E-state index in [1.807, 2.05) is 18.2 Å². The van der Waals surface area contributed by atoms with E-state index in [0.717, 1.165) is 23.5 Å². The summed E-state index contributed by atoms with van der Waals surface area (Å²) in [5.74, 6) is 1.01. The van der Waals surface area contributed by atoms with Gasteiger partial charge in [0.25, 0.3) is 0 Å². The summed E-state index contributed by atoms with van der Waals surface area (Å²) in [5, 5.41) is 7.49. The number of nitrogens with one attached hydrogen (secondary N) is 1. The predicted molar refractivity (Wildman–Crippen MR) is 70.3 cm³/mol. The summed E-state index contributed by atoms with van der Waals surface area (Å²) in [4.78, 5) is 4.34. The molecule has 0 spiro atoms. The molecule has 0 bridgehead atoms. The van der Waals surface area contributed by atoms with Gasteiger partial charge in [-0.2, -0.15) is 5.10 Å². The van der Waals surface area contributed by atoms with Crippen molar-refractivity contribution < 1.29 is 0 Å². The molecule has 1 N–H and O–H groups in total. The number of H-pyrrole nitrogens is 1. The van der Waals surface area contributed by atoms with Crippen LogP contribution >= 0.6 is 11.6 Å². The van der Waals surface area contributed by atoms with E-state index in [1.54, 1.807) is 6.20 Å². The second-order valence-corrected chi connectivity index (χ2v) is 4.65. The van der Waals surface area contributed by atoms with Crippen molar-refractivity contribution >= 4 is 11.6 Å². The first-order valence-corrected chi connectivity index (χ1v) is 6.32. The normalized spacial score (nSPS) is 11.1. The van der Waals surface area contributed by atoms with Gasteiger partial charge in [0.15, 0.2) is 0 Å². The minimum Gasteiger partial charge on any atom is -0.281 e. The number of alkyl halides is 1. The molecule has 2 rings (SSSR count). The SMILES string of the molecule is CC(C)c1[nH]nc(-c2ccccn2)c1CCCl. The van der Waals surface area contributed by atoms with Crippen molar-refractivity contribution in [3.05, 3.63) is 35.7 Å². The van der Waals surface area contributed by atoms with Gasteiger partial charge >= 0.3 is 0 Å². The van der Waals surface area contributed by atoms with Crippen LogP contribution in [0.4, 0.5) is 0 Å². The first-order valence-electron chi connectivity index (χ1n) is 5.78. The van der Waals surface area contributed by atoms with Crippen molar-refractivity contribution in [2.75, 3.05) is 5.88 Å². The Hall–Kier alpha value is -1.35. The van der Waals surface area contributed by atoms with E-state index in [-0.39, 0.29) is 0 Å². The zero-order valence-electron chi connectivity index (χ0n) is 10.1. The highest BCUT2D eigenvalue weighted by atomic mass is 35.5. The third kappa shape index (κ3) is 2.50.